The SMILES string of the molecule is C=CCOCC1CN(C[Si]C(OC)OC)C[Si](C)(OC)O1. The standard InChI is InChI=1S/C13H27NO5Si2/c1-6-7-18-9-12-8-14(10-20-13(15-2)16-3)11-21(5,17-4)19-12/h6,12-13H,1,7-11H2,2-5H3. The first-order valence-corrected chi connectivity index (χ1v) is 10.8. The number of ether oxygens (including phenoxy) is 3. The van der Waals surface area contributed by atoms with Crippen molar-refractivity contribution in [3.8, 4) is 0 Å². The fraction of sp³-hybridized carbons (Fsp3) is 0.846. The Hall–Kier alpha value is -0.0662. The number of rotatable bonds is 10. The molecular formula is C13H27NO5Si2. The molecule has 0 aromatic carbocycles. The third kappa shape index (κ3) is 6.70. The summed E-state index contributed by atoms with van der Waals surface area (Å²) in [4.78, 5) is 2.37. The van der Waals surface area contributed by atoms with E-state index in [1.54, 1.807) is 27.4 Å². The van der Waals surface area contributed by atoms with Crippen LogP contribution in [0.15, 0.2) is 12.7 Å². The van der Waals surface area contributed by atoms with Gasteiger partial charge in [-0.1, -0.05) is 6.08 Å². The van der Waals surface area contributed by atoms with Gasteiger partial charge in [0.25, 0.3) is 0 Å². The van der Waals surface area contributed by atoms with Crippen molar-refractivity contribution in [3.05, 3.63) is 12.7 Å². The number of methoxy groups -OCH3 is 2. The minimum atomic E-state index is -2.15. The molecule has 1 saturated heterocycles. The highest BCUT2D eigenvalue weighted by Crippen LogP contribution is 2.18. The first-order chi connectivity index (χ1) is 10.1. The van der Waals surface area contributed by atoms with Crippen molar-refractivity contribution in [1.82, 2.24) is 4.90 Å². The maximum atomic E-state index is 6.12. The van der Waals surface area contributed by atoms with E-state index in [1.165, 1.54) is 0 Å². The van der Waals surface area contributed by atoms with Crippen LogP contribution < -0.4 is 0 Å². The molecule has 1 fully saturated rings. The predicted molar refractivity (Wildman–Crippen MR) is 84.5 cm³/mol. The van der Waals surface area contributed by atoms with Gasteiger partial charge in [-0.05, 0) is 12.7 Å². The van der Waals surface area contributed by atoms with E-state index in [9.17, 15) is 0 Å². The molecule has 2 unspecified atom stereocenters. The molecule has 6 nitrogen and oxygen atoms in total. The molecule has 1 rings (SSSR count). The van der Waals surface area contributed by atoms with Crippen molar-refractivity contribution in [2.45, 2.75) is 18.6 Å². The van der Waals surface area contributed by atoms with E-state index in [1.807, 2.05) is 0 Å². The fourth-order valence-electron chi connectivity index (χ4n) is 2.25. The van der Waals surface area contributed by atoms with Gasteiger partial charge in [-0.25, -0.2) is 0 Å². The Morgan fingerprint density at radius 3 is 2.71 bits per heavy atom. The molecule has 1 heterocycles. The molecule has 0 aromatic heterocycles. The van der Waals surface area contributed by atoms with Crippen LogP contribution >= 0.6 is 0 Å². The lowest BCUT2D eigenvalue weighted by Crippen LogP contribution is -2.61. The van der Waals surface area contributed by atoms with E-state index in [0.717, 1.165) is 18.9 Å². The lowest BCUT2D eigenvalue weighted by atomic mass is 10.3. The van der Waals surface area contributed by atoms with Gasteiger partial charge in [-0.2, -0.15) is 0 Å². The highest BCUT2D eigenvalue weighted by molar-refractivity contribution is 6.66. The second-order valence-corrected chi connectivity index (χ2v) is 9.50. The van der Waals surface area contributed by atoms with Crippen molar-refractivity contribution in [2.75, 3.05) is 53.4 Å². The predicted octanol–water partition coefficient (Wildman–Crippen LogP) is 0.386. The van der Waals surface area contributed by atoms with Crippen LogP contribution in [0.4, 0.5) is 0 Å². The summed E-state index contributed by atoms with van der Waals surface area (Å²) in [6, 6.07) is 0. The zero-order valence-electron chi connectivity index (χ0n) is 13.5. The Kier molecular flexibility index (Phi) is 8.90. The van der Waals surface area contributed by atoms with E-state index in [-0.39, 0.29) is 12.0 Å². The minimum Gasteiger partial charge on any atom is -0.397 e. The Balaban J connectivity index is 2.51. The maximum absolute atomic E-state index is 6.12. The van der Waals surface area contributed by atoms with Crippen LogP contribution in [-0.2, 0) is 23.1 Å². The highest BCUT2D eigenvalue weighted by atomic mass is 28.4. The minimum absolute atomic E-state index is 0.0451. The normalized spacial score (nSPS) is 27.2. The van der Waals surface area contributed by atoms with Gasteiger partial charge < -0.3 is 28.0 Å². The molecule has 2 radical (unpaired) electrons. The van der Waals surface area contributed by atoms with E-state index >= 15 is 0 Å². The summed E-state index contributed by atoms with van der Waals surface area (Å²) < 4.78 is 27.8. The lowest BCUT2D eigenvalue weighted by molar-refractivity contribution is -0.0459. The Labute approximate surface area is 131 Å². The third-order valence-corrected chi connectivity index (χ3v) is 7.42. The van der Waals surface area contributed by atoms with Crippen LogP contribution in [0.3, 0.4) is 0 Å². The van der Waals surface area contributed by atoms with Crippen LogP contribution in [0.2, 0.25) is 6.55 Å². The molecule has 0 spiro atoms. The average molecular weight is 334 g/mol. The van der Waals surface area contributed by atoms with Crippen molar-refractivity contribution in [3.63, 3.8) is 0 Å². The molecular weight excluding hydrogens is 306 g/mol. The first kappa shape index (κ1) is 19.0. The second kappa shape index (κ2) is 9.85. The second-order valence-electron chi connectivity index (χ2n) is 5.08. The molecule has 0 N–H and O–H groups in total. The van der Waals surface area contributed by atoms with Gasteiger partial charge in [0.2, 0.25) is 0 Å². The van der Waals surface area contributed by atoms with E-state index in [4.69, 9.17) is 23.1 Å². The van der Waals surface area contributed by atoms with Gasteiger partial charge in [0.05, 0.1) is 19.3 Å². The van der Waals surface area contributed by atoms with Gasteiger partial charge in [-0.15, -0.1) is 6.58 Å². The average Bonchev–Trinajstić information content (AvgIpc) is 2.48. The molecule has 0 aliphatic carbocycles. The van der Waals surface area contributed by atoms with Crippen molar-refractivity contribution in [2.24, 2.45) is 0 Å². The van der Waals surface area contributed by atoms with Crippen LogP contribution in [0.25, 0.3) is 0 Å². The summed E-state index contributed by atoms with van der Waals surface area (Å²) in [5.41, 5.74) is 0. The van der Waals surface area contributed by atoms with Gasteiger partial charge in [-0.3, -0.25) is 0 Å². The maximum Gasteiger partial charge on any atom is 0.349 e. The zero-order chi connectivity index (χ0) is 15.7. The molecule has 8 heteroatoms. The molecule has 0 amide bonds. The van der Waals surface area contributed by atoms with Crippen LogP contribution in [0, 0.1) is 0 Å². The molecule has 0 saturated carbocycles. The fourth-order valence-corrected chi connectivity index (χ4v) is 5.66. The number of hydrogen-bond acceptors (Lipinski definition) is 6. The van der Waals surface area contributed by atoms with Crippen molar-refractivity contribution >= 4 is 18.1 Å². The molecule has 0 bridgehead atoms. The zero-order valence-corrected chi connectivity index (χ0v) is 15.5. The molecule has 2 atom stereocenters. The van der Waals surface area contributed by atoms with Crippen molar-refractivity contribution < 1.29 is 23.1 Å². The summed E-state index contributed by atoms with van der Waals surface area (Å²) in [5.74, 6) is -0.140. The monoisotopic (exact) mass is 333 g/mol. The molecule has 1 aliphatic heterocycles. The number of nitrogens with zero attached hydrogens (tertiary/aromatic N) is 1. The Bertz CT molecular complexity index is 306. The van der Waals surface area contributed by atoms with Crippen molar-refractivity contribution in [1.29, 1.82) is 0 Å². The Morgan fingerprint density at radius 1 is 1.43 bits per heavy atom. The van der Waals surface area contributed by atoms with Gasteiger partial charge in [0.1, 0.15) is 15.4 Å². The quantitative estimate of drug-likeness (QED) is 0.249. The molecule has 0 aromatic rings. The molecule has 122 valence electrons. The molecule has 1 aliphatic rings. The van der Waals surface area contributed by atoms with Gasteiger partial charge in [0.15, 0.2) is 0 Å². The summed E-state index contributed by atoms with van der Waals surface area (Å²) >= 11 is 0. The first-order valence-electron chi connectivity index (χ1n) is 6.99. The van der Waals surface area contributed by atoms with E-state index < -0.39 is 8.56 Å². The number of hydrogen-bond donors (Lipinski definition) is 0. The third-order valence-electron chi connectivity index (χ3n) is 3.27. The summed E-state index contributed by atoms with van der Waals surface area (Å²) in [7, 11) is 3.48. The van der Waals surface area contributed by atoms with Crippen LogP contribution in [0.1, 0.15) is 0 Å². The summed E-state index contributed by atoms with van der Waals surface area (Å²) in [6.07, 6.45) is 3.56. The van der Waals surface area contributed by atoms with Crippen LogP contribution in [0.5, 0.6) is 0 Å². The van der Waals surface area contributed by atoms with Crippen LogP contribution in [-0.4, -0.2) is 88.4 Å². The van der Waals surface area contributed by atoms with Gasteiger partial charge >= 0.3 is 8.56 Å². The smallest absolute Gasteiger partial charge is 0.349 e. The Morgan fingerprint density at radius 2 is 2.14 bits per heavy atom. The van der Waals surface area contributed by atoms with E-state index in [2.05, 4.69) is 18.0 Å². The summed E-state index contributed by atoms with van der Waals surface area (Å²) in [5, 5.41) is 0. The highest BCUT2D eigenvalue weighted by Gasteiger charge is 2.41. The van der Waals surface area contributed by atoms with Gasteiger partial charge in [0, 0.05) is 34.0 Å². The topological polar surface area (TPSA) is 49.4 Å². The van der Waals surface area contributed by atoms with E-state index in [0.29, 0.717) is 22.7 Å². The summed E-state index contributed by atoms with van der Waals surface area (Å²) in [6.45, 7) is 7.69. The molecule has 21 heavy (non-hydrogen) atoms. The largest absolute Gasteiger partial charge is 0.397 e. The lowest BCUT2D eigenvalue weighted by Gasteiger charge is -2.41.